The number of hydrogen-bond donors (Lipinski definition) is 0. The molecule has 0 unspecified atom stereocenters. The van der Waals surface area contributed by atoms with E-state index in [4.69, 9.17) is 14.2 Å². The molecule has 2 heterocycles. The molecule has 0 radical (unpaired) electrons. The summed E-state index contributed by atoms with van der Waals surface area (Å²) in [5.74, 6) is -0.721. The molecule has 2 aliphatic heterocycles. The second kappa shape index (κ2) is 5.03. The van der Waals surface area contributed by atoms with Gasteiger partial charge < -0.3 is 18.9 Å². The van der Waals surface area contributed by atoms with Crippen LogP contribution in [0.2, 0.25) is 0 Å². The minimum Gasteiger partial charge on any atom is -0.468 e. The minimum atomic E-state index is -0.842. The highest BCUT2D eigenvalue weighted by atomic mass is 16.7. The van der Waals surface area contributed by atoms with Gasteiger partial charge in [-0.05, 0) is 24.1 Å². The van der Waals surface area contributed by atoms with Gasteiger partial charge in [0.2, 0.25) is 6.79 Å². The standard InChI is InChI=1S/C14H14O6/c1-17-13(15)12-9(6-18-14(12)16)4-8-2-3-10-11(5-8)20-7-19-10/h2-3,5,9,12H,4,6-7H2,1H3/t9-,12-/m0/s1. The highest BCUT2D eigenvalue weighted by Crippen LogP contribution is 2.34. The van der Waals surface area contributed by atoms with Crippen LogP contribution in [0.1, 0.15) is 5.56 Å². The quantitative estimate of drug-likeness (QED) is 0.605. The number of benzene rings is 1. The van der Waals surface area contributed by atoms with E-state index in [0.29, 0.717) is 17.9 Å². The van der Waals surface area contributed by atoms with E-state index in [0.717, 1.165) is 5.56 Å². The first-order valence-electron chi connectivity index (χ1n) is 6.32. The fraction of sp³-hybridized carbons (Fsp3) is 0.429. The van der Waals surface area contributed by atoms with E-state index < -0.39 is 17.9 Å². The number of methoxy groups -OCH3 is 1. The average Bonchev–Trinajstić information content (AvgIpc) is 3.04. The summed E-state index contributed by atoms with van der Waals surface area (Å²) in [7, 11) is 1.27. The Bertz CT molecular complexity index is 553. The van der Waals surface area contributed by atoms with Crippen LogP contribution in [0.25, 0.3) is 0 Å². The van der Waals surface area contributed by atoms with E-state index in [-0.39, 0.29) is 19.3 Å². The predicted molar refractivity (Wildman–Crippen MR) is 66.2 cm³/mol. The molecule has 6 heteroatoms. The molecule has 106 valence electrons. The predicted octanol–water partition coefficient (Wildman–Crippen LogP) is 0.920. The van der Waals surface area contributed by atoms with Crippen molar-refractivity contribution in [2.75, 3.05) is 20.5 Å². The lowest BCUT2D eigenvalue weighted by Crippen LogP contribution is -2.28. The topological polar surface area (TPSA) is 71.1 Å². The van der Waals surface area contributed by atoms with Gasteiger partial charge >= 0.3 is 11.9 Å². The number of fused-ring (bicyclic) bond motifs is 1. The molecule has 1 aromatic rings. The molecule has 2 aliphatic rings. The van der Waals surface area contributed by atoms with Crippen LogP contribution in [0.4, 0.5) is 0 Å². The van der Waals surface area contributed by atoms with Crippen LogP contribution in [-0.2, 0) is 25.5 Å². The first-order valence-corrected chi connectivity index (χ1v) is 6.32. The van der Waals surface area contributed by atoms with Gasteiger partial charge in [0.15, 0.2) is 17.4 Å². The first kappa shape index (κ1) is 12.8. The molecule has 1 fully saturated rings. The summed E-state index contributed by atoms with van der Waals surface area (Å²) in [6, 6.07) is 5.58. The summed E-state index contributed by atoms with van der Waals surface area (Å²) in [6.45, 7) is 0.446. The van der Waals surface area contributed by atoms with E-state index in [2.05, 4.69) is 4.74 Å². The molecule has 2 atom stereocenters. The molecule has 3 rings (SSSR count). The van der Waals surface area contributed by atoms with Gasteiger partial charge in [0.05, 0.1) is 13.7 Å². The molecule has 1 saturated heterocycles. The van der Waals surface area contributed by atoms with Gasteiger partial charge in [-0.15, -0.1) is 0 Å². The maximum Gasteiger partial charge on any atom is 0.320 e. The van der Waals surface area contributed by atoms with Gasteiger partial charge in [-0.2, -0.15) is 0 Å². The lowest BCUT2D eigenvalue weighted by atomic mass is 9.89. The normalized spacial score (nSPS) is 23.6. The molecular weight excluding hydrogens is 264 g/mol. The van der Waals surface area contributed by atoms with Gasteiger partial charge in [-0.1, -0.05) is 6.07 Å². The Hall–Kier alpha value is -2.24. The number of carbonyl (C=O) groups is 2. The van der Waals surface area contributed by atoms with Crippen LogP contribution in [0.15, 0.2) is 18.2 Å². The van der Waals surface area contributed by atoms with Crippen LogP contribution in [0.5, 0.6) is 11.5 Å². The Morgan fingerprint density at radius 3 is 2.90 bits per heavy atom. The lowest BCUT2D eigenvalue weighted by Gasteiger charge is -2.13. The van der Waals surface area contributed by atoms with Gasteiger partial charge in [-0.25, -0.2) is 0 Å². The third kappa shape index (κ3) is 2.17. The molecule has 0 aromatic heterocycles. The van der Waals surface area contributed by atoms with Crippen LogP contribution >= 0.6 is 0 Å². The number of esters is 2. The highest BCUT2D eigenvalue weighted by molar-refractivity contribution is 5.96. The maximum atomic E-state index is 11.6. The zero-order chi connectivity index (χ0) is 14.1. The second-order valence-electron chi connectivity index (χ2n) is 4.78. The average molecular weight is 278 g/mol. The zero-order valence-electron chi connectivity index (χ0n) is 11.0. The largest absolute Gasteiger partial charge is 0.468 e. The van der Waals surface area contributed by atoms with Crippen molar-refractivity contribution >= 4 is 11.9 Å². The summed E-state index contributed by atoms with van der Waals surface area (Å²) in [4.78, 5) is 23.2. The molecule has 0 spiro atoms. The maximum absolute atomic E-state index is 11.6. The molecule has 0 bridgehead atoms. The summed E-state index contributed by atoms with van der Waals surface area (Å²) in [5, 5.41) is 0. The number of rotatable bonds is 3. The minimum absolute atomic E-state index is 0.213. The van der Waals surface area contributed by atoms with Gasteiger partial charge in [0.1, 0.15) is 0 Å². The number of hydrogen-bond acceptors (Lipinski definition) is 6. The molecule has 6 nitrogen and oxygen atoms in total. The summed E-state index contributed by atoms with van der Waals surface area (Å²) in [6.07, 6.45) is 0.544. The van der Waals surface area contributed by atoms with Gasteiger partial charge in [0.25, 0.3) is 0 Å². The molecular formula is C14H14O6. The van der Waals surface area contributed by atoms with E-state index in [9.17, 15) is 9.59 Å². The summed E-state index contributed by atoms with van der Waals surface area (Å²) >= 11 is 0. The zero-order valence-corrected chi connectivity index (χ0v) is 11.0. The number of ether oxygens (including phenoxy) is 4. The van der Waals surface area contributed by atoms with E-state index in [1.165, 1.54) is 7.11 Å². The third-order valence-corrected chi connectivity index (χ3v) is 3.55. The fourth-order valence-corrected chi connectivity index (χ4v) is 2.53. The molecule has 1 aromatic carbocycles. The molecule has 0 saturated carbocycles. The van der Waals surface area contributed by atoms with Gasteiger partial charge in [-0.3, -0.25) is 9.59 Å². The van der Waals surface area contributed by atoms with Crippen LogP contribution < -0.4 is 9.47 Å². The van der Waals surface area contributed by atoms with Crippen LogP contribution in [-0.4, -0.2) is 32.4 Å². The molecule has 0 amide bonds. The smallest absolute Gasteiger partial charge is 0.320 e. The number of carbonyl (C=O) groups excluding carboxylic acids is 2. The monoisotopic (exact) mass is 278 g/mol. The van der Waals surface area contributed by atoms with Crippen molar-refractivity contribution < 1.29 is 28.5 Å². The Morgan fingerprint density at radius 2 is 2.10 bits per heavy atom. The molecule has 0 aliphatic carbocycles. The first-order chi connectivity index (χ1) is 9.69. The van der Waals surface area contributed by atoms with Crippen LogP contribution in [0.3, 0.4) is 0 Å². The van der Waals surface area contributed by atoms with Gasteiger partial charge in [0, 0.05) is 5.92 Å². The Kier molecular flexibility index (Phi) is 3.22. The fourth-order valence-electron chi connectivity index (χ4n) is 2.53. The Morgan fingerprint density at radius 1 is 1.30 bits per heavy atom. The van der Waals surface area contributed by atoms with Crippen molar-refractivity contribution in [2.24, 2.45) is 11.8 Å². The van der Waals surface area contributed by atoms with Crippen LogP contribution in [0, 0.1) is 11.8 Å². The lowest BCUT2D eigenvalue weighted by molar-refractivity contribution is -0.154. The van der Waals surface area contributed by atoms with Crippen molar-refractivity contribution in [1.82, 2.24) is 0 Å². The summed E-state index contributed by atoms with van der Waals surface area (Å²) < 4.78 is 20.2. The van der Waals surface area contributed by atoms with Crippen molar-refractivity contribution in [3.8, 4) is 11.5 Å². The van der Waals surface area contributed by atoms with Crippen molar-refractivity contribution in [1.29, 1.82) is 0 Å². The second-order valence-corrected chi connectivity index (χ2v) is 4.78. The Labute approximate surface area is 115 Å². The molecule has 0 N–H and O–H groups in total. The van der Waals surface area contributed by atoms with Crippen molar-refractivity contribution in [3.63, 3.8) is 0 Å². The van der Waals surface area contributed by atoms with E-state index in [1.54, 1.807) is 0 Å². The van der Waals surface area contributed by atoms with E-state index >= 15 is 0 Å². The Balaban J connectivity index is 1.77. The highest BCUT2D eigenvalue weighted by Gasteiger charge is 2.43. The number of cyclic esters (lactones) is 1. The van der Waals surface area contributed by atoms with E-state index in [1.807, 2.05) is 18.2 Å². The van der Waals surface area contributed by atoms with Crippen molar-refractivity contribution in [2.45, 2.75) is 6.42 Å². The SMILES string of the molecule is COC(=O)[C@H]1C(=O)OC[C@@H]1Cc1ccc2c(c1)OCO2. The van der Waals surface area contributed by atoms with Crippen molar-refractivity contribution in [3.05, 3.63) is 23.8 Å². The third-order valence-electron chi connectivity index (χ3n) is 3.55. The molecule has 20 heavy (non-hydrogen) atoms. The summed E-state index contributed by atoms with van der Waals surface area (Å²) in [5.41, 5.74) is 0.964.